The van der Waals surface area contributed by atoms with Crippen LogP contribution in [0.25, 0.3) is 0 Å². The maximum Gasteiger partial charge on any atom is 0.331 e. The molecule has 0 spiro atoms. The third-order valence-electron chi connectivity index (χ3n) is 6.54. The van der Waals surface area contributed by atoms with Gasteiger partial charge >= 0.3 is 11.9 Å². The van der Waals surface area contributed by atoms with Crippen LogP contribution in [0.3, 0.4) is 0 Å². The Morgan fingerprint density at radius 3 is 2.49 bits per heavy atom. The van der Waals surface area contributed by atoms with Crippen LogP contribution >= 0.6 is 23.2 Å². The number of halogens is 2. The largest absolute Gasteiger partial charge is 0.508 e. The molecule has 242 valence electrons. The topological polar surface area (TPSA) is 143 Å². The van der Waals surface area contributed by atoms with Crippen molar-refractivity contribution in [3.63, 3.8) is 0 Å². The first-order valence-electron chi connectivity index (χ1n) is 14.0. The number of aromatic nitrogens is 1. The van der Waals surface area contributed by atoms with Gasteiger partial charge in [0.2, 0.25) is 6.79 Å². The molecule has 4 rings (SSSR count). The lowest BCUT2D eigenvalue weighted by molar-refractivity contribution is -0.151. The Bertz CT molecular complexity index is 1430. The highest BCUT2D eigenvalue weighted by atomic mass is 35.5. The van der Waals surface area contributed by atoms with Crippen molar-refractivity contribution in [2.24, 2.45) is 5.92 Å². The molecule has 0 radical (unpaired) electrons. The highest BCUT2D eigenvalue weighted by molar-refractivity contribution is 6.35. The smallest absolute Gasteiger partial charge is 0.331 e. The van der Waals surface area contributed by atoms with Crippen LogP contribution in [0.15, 0.2) is 54.7 Å². The average Bonchev–Trinajstić information content (AvgIpc) is 3.05. The summed E-state index contributed by atoms with van der Waals surface area (Å²) in [4.78, 5) is 41.0. The number of aryl methyl sites for hydroxylation is 1. The second kappa shape index (κ2) is 17.4. The molecule has 1 fully saturated rings. The number of carbonyl (C=O) groups is 3. The predicted octanol–water partition coefficient (Wildman–Crippen LogP) is 5.31. The van der Waals surface area contributed by atoms with Crippen molar-refractivity contribution in [3.8, 4) is 17.2 Å². The number of amides is 1. The molecule has 11 nitrogen and oxygen atoms in total. The van der Waals surface area contributed by atoms with Gasteiger partial charge in [0, 0.05) is 35.8 Å². The molecule has 1 saturated heterocycles. The third-order valence-corrected chi connectivity index (χ3v) is 7.12. The second-order valence-electron chi connectivity index (χ2n) is 10.3. The van der Waals surface area contributed by atoms with Crippen LogP contribution in [0.1, 0.15) is 41.9 Å². The van der Waals surface area contributed by atoms with E-state index in [9.17, 15) is 14.4 Å². The van der Waals surface area contributed by atoms with E-state index in [2.05, 4.69) is 10.3 Å². The van der Waals surface area contributed by atoms with Crippen LogP contribution < -0.4 is 14.8 Å². The Kier molecular flexibility index (Phi) is 13.7. The number of pyridine rings is 1. The summed E-state index contributed by atoms with van der Waals surface area (Å²) in [7, 11) is 1.38. The van der Waals surface area contributed by atoms with Gasteiger partial charge in [-0.05, 0) is 62.4 Å². The molecule has 1 aliphatic heterocycles. The summed E-state index contributed by atoms with van der Waals surface area (Å²) in [6.07, 6.45) is 2.06. The Morgan fingerprint density at radius 1 is 1.11 bits per heavy atom. The molecule has 0 saturated carbocycles. The maximum absolute atomic E-state index is 13.1. The SMILES string of the molecule is COc1ccnc(C(=O)N[C@H]2COCC(Cc3ccc(Cl)cc3Cl)CC(C)OC2=O)c1OCOC(C)=O.Cc1ccc(O)cc1. The molecule has 1 aromatic heterocycles. The van der Waals surface area contributed by atoms with Crippen molar-refractivity contribution in [1.82, 2.24) is 10.3 Å². The molecule has 0 bridgehead atoms. The van der Waals surface area contributed by atoms with Gasteiger partial charge in [0.15, 0.2) is 23.2 Å². The zero-order valence-corrected chi connectivity index (χ0v) is 26.9. The standard InChI is InChI=1S/C25H28Cl2N2O8.C7H8O/c1-14-8-16(9-17-4-5-18(26)10-19(17)27)11-34-12-20(25(32)37-14)29-24(31)22-23(36-13-35-15(2)30)21(33-3)6-7-28-22;1-6-2-4-7(8)5-3-6/h4-7,10,14,16,20H,8-9,11-13H2,1-3H3,(H,29,31);2-5,8H,1H3/t14?,16?,20-;/m0./s1. The normalized spacial score (nSPS) is 18.1. The number of nitrogens with zero attached hydrogens (tertiary/aromatic N) is 1. The lowest BCUT2D eigenvalue weighted by atomic mass is 9.94. The number of hydrogen-bond donors (Lipinski definition) is 2. The van der Waals surface area contributed by atoms with Crippen LogP contribution in [0.4, 0.5) is 0 Å². The minimum atomic E-state index is -1.10. The molecule has 1 amide bonds. The van der Waals surface area contributed by atoms with Crippen molar-refractivity contribution in [3.05, 3.63) is 81.6 Å². The molecule has 2 aromatic carbocycles. The van der Waals surface area contributed by atoms with Gasteiger partial charge in [0.1, 0.15) is 5.75 Å². The number of nitrogens with one attached hydrogen (secondary N) is 1. The van der Waals surface area contributed by atoms with Crippen molar-refractivity contribution in [1.29, 1.82) is 0 Å². The summed E-state index contributed by atoms with van der Waals surface area (Å²) < 4.78 is 26.8. The lowest BCUT2D eigenvalue weighted by Crippen LogP contribution is -2.45. The zero-order chi connectivity index (χ0) is 32.9. The van der Waals surface area contributed by atoms with Gasteiger partial charge in [0.05, 0.1) is 19.8 Å². The summed E-state index contributed by atoms with van der Waals surface area (Å²) in [5.74, 6) is -1.44. The fraction of sp³-hybridized carbons (Fsp3) is 0.375. The molecule has 0 aliphatic carbocycles. The zero-order valence-electron chi connectivity index (χ0n) is 25.4. The highest BCUT2D eigenvalue weighted by Gasteiger charge is 2.30. The van der Waals surface area contributed by atoms with Crippen LogP contribution in [-0.2, 0) is 30.2 Å². The van der Waals surface area contributed by atoms with Crippen molar-refractivity contribution >= 4 is 41.0 Å². The van der Waals surface area contributed by atoms with E-state index >= 15 is 0 Å². The Hall–Kier alpha value is -4.06. The van der Waals surface area contributed by atoms with Gasteiger partial charge in [-0.2, -0.15) is 0 Å². The maximum atomic E-state index is 13.1. The molecule has 2 heterocycles. The Labute approximate surface area is 271 Å². The summed E-state index contributed by atoms with van der Waals surface area (Å²) in [5.41, 5.74) is 1.91. The molecule has 45 heavy (non-hydrogen) atoms. The van der Waals surface area contributed by atoms with E-state index in [1.54, 1.807) is 31.2 Å². The van der Waals surface area contributed by atoms with Gasteiger partial charge < -0.3 is 34.1 Å². The third kappa shape index (κ3) is 11.4. The minimum Gasteiger partial charge on any atom is -0.508 e. The number of methoxy groups -OCH3 is 1. The first kappa shape index (κ1) is 35.4. The van der Waals surface area contributed by atoms with Gasteiger partial charge in [0.25, 0.3) is 5.91 Å². The monoisotopic (exact) mass is 662 g/mol. The minimum absolute atomic E-state index is 0.0113. The number of carbonyl (C=O) groups excluding carboxylic acids is 3. The first-order valence-corrected chi connectivity index (χ1v) is 14.8. The number of phenols is 1. The number of phenolic OH excluding ortho intramolecular Hbond substituents is 1. The van der Waals surface area contributed by atoms with Crippen molar-refractivity contribution < 1.29 is 43.2 Å². The highest BCUT2D eigenvalue weighted by Crippen LogP contribution is 2.30. The van der Waals surface area contributed by atoms with E-state index in [0.29, 0.717) is 35.2 Å². The molecular formula is C32H36Cl2N2O9. The van der Waals surface area contributed by atoms with Crippen molar-refractivity contribution in [2.75, 3.05) is 27.1 Å². The number of benzene rings is 2. The van der Waals surface area contributed by atoms with E-state index in [0.717, 1.165) is 5.56 Å². The van der Waals surface area contributed by atoms with Crippen molar-refractivity contribution in [2.45, 2.75) is 45.8 Å². The van der Waals surface area contributed by atoms with Crippen LogP contribution in [0.2, 0.25) is 10.0 Å². The molecule has 3 aromatic rings. The Balaban J connectivity index is 0.000000598. The van der Waals surface area contributed by atoms with Crippen LogP contribution in [0.5, 0.6) is 17.2 Å². The van der Waals surface area contributed by atoms with Gasteiger partial charge in [-0.3, -0.25) is 9.59 Å². The predicted molar refractivity (Wildman–Crippen MR) is 167 cm³/mol. The molecule has 13 heteroatoms. The van der Waals surface area contributed by atoms with E-state index in [1.807, 2.05) is 25.1 Å². The molecule has 1 aliphatic rings. The number of esters is 2. The first-order chi connectivity index (χ1) is 21.5. The molecular weight excluding hydrogens is 627 g/mol. The number of cyclic esters (lactones) is 1. The second-order valence-corrected chi connectivity index (χ2v) is 11.1. The summed E-state index contributed by atoms with van der Waals surface area (Å²) in [6.45, 7) is 4.73. The van der Waals surface area contributed by atoms with E-state index < -0.39 is 36.8 Å². The molecule has 3 atom stereocenters. The van der Waals surface area contributed by atoms with Crippen LogP contribution in [0, 0.1) is 12.8 Å². The summed E-state index contributed by atoms with van der Waals surface area (Å²) in [5, 5.41) is 12.5. The van der Waals surface area contributed by atoms with Gasteiger partial charge in [-0.15, -0.1) is 0 Å². The number of rotatable bonds is 8. The quantitative estimate of drug-likeness (QED) is 0.241. The van der Waals surface area contributed by atoms with E-state index in [-0.39, 0.29) is 29.7 Å². The fourth-order valence-electron chi connectivity index (χ4n) is 4.36. The van der Waals surface area contributed by atoms with Gasteiger partial charge in [-0.25, -0.2) is 9.78 Å². The fourth-order valence-corrected chi connectivity index (χ4v) is 4.85. The summed E-state index contributed by atoms with van der Waals surface area (Å²) in [6, 6.07) is 12.8. The Morgan fingerprint density at radius 2 is 1.84 bits per heavy atom. The molecule has 2 N–H and O–H groups in total. The van der Waals surface area contributed by atoms with Crippen LogP contribution in [-0.4, -0.2) is 67.2 Å². The number of ether oxygens (including phenoxy) is 5. The average molecular weight is 664 g/mol. The van der Waals surface area contributed by atoms with E-state index in [1.165, 1.54) is 31.9 Å². The number of aromatic hydroxyl groups is 1. The number of hydrogen-bond acceptors (Lipinski definition) is 10. The molecule has 2 unspecified atom stereocenters. The van der Waals surface area contributed by atoms with E-state index in [4.69, 9.17) is 52.0 Å². The van der Waals surface area contributed by atoms with Gasteiger partial charge in [-0.1, -0.05) is 47.0 Å². The summed E-state index contributed by atoms with van der Waals surface area (Å²) >= 11 is 12.3. The lowest BCUT2D eigenvalue weighted by Gasteiger charge is -2.20.